The molecule has 3 aromatic rings. The molecule has 0 spiro atoms. The number of nitrogens with zero attached hydrogens (tertiary/aromatic N) is 4. The van der Waals surface area contributed by atoms with Crippen LogP contribution < -0.4 is 5.73 Å². The third-order valence-electron chi connectivity index (χ3n) is 4.05. The van der Waals surface area contributed by atoms with Crippen LogP contribution in [0.4, 0.5) is 22.7 Å². The number of rotatable bonds is 5. The molecule has 0 aromatic heterocycles. The van der Waals surface area contributed by atoms with E-state index in [0.717, 1.165) is 16.3 Å². The first-order chi connectivity index (χ1) is 12.9. The lowest BCUT2D eigenvalue weighted by Gasteiger charge is -2.14. The third-order valence-corrected chi connectivity index (χ3v) is 4.05. The van der Waals surface area contributed by atoms with Gasteiger partial charge in [0.25, 0.3) is 5.69 Å². The molecule has 0 heterocycles. The quantitative estimate of drug-likeness (QED) is 0.298. The number of benzene rings is 3. The third kappa shape index (κ3) is 3.85. The van der Waals surface area contributed by atoms with E-state index in [1.165, 1.54) is 18.2 Å². The number of anilines is 1. The van der Waals surface area contributed by atoms with Crippen LogP contribution in [-0.2, 0) is 6.54 Å². The second-order valence-electron chi connectivity index (χ2n) is 6.39. The highest BCUT2D eigenvalue weighted by molar-refractivity contribution is 5.97. The molecule has 8 heteroatoms. The van der Waals surface area contributed by atoms with Crippen molar-refractivity contribution in [2.45, 2.75) is 6.54 Å². The molecule has 0 aliphatic heterocycles. The van der Waals surface area contributed by atoms with E-state index < -0.39 is 4.92 Å². The van der Waals surface area contributed by atoms with Crippen LogP contribution in [0.3, 0.4) is 0 Å². The van der Waals surface area contributed by atoms with E-state index in [4.69, 9.17) is 5.73 Å². The van der Waals surface area contributed by atoms with Crippen LogP contribution in [0.1, 0.15) is 5.56 Å². The molecule has 0 aliphatic carbocycles. The molecule has 0 atom stereocenters. The highest BCUT2D eigenvalue weighted by atomic mass is 16.6. The van der Waals surface area contributed by atoms with E-state index in [1.54, 1.807) is 6.07 Å². The molecule has 0 fully saturated rings. The van der Waals surface area contributed by atoms with E-state index in [0.29, 0.717) is 12.2 Å². The summed E-state index contributed by atoms with van der Waals surface area (Å²) < 4.78 is 0. The number of fused-ring (bicyclic) bond motifs is 1. The van der Waals surface area contributed by atoms with Crippen LogP contribution in [0.25, 0.3) is 10.8 Å². The second-order valence-corrected chi connectivity index (χ2v) is 6.39. The lowest BCUT2D eigenvalue weighted by atomic mass is 10.0. The Morgan fingerprint density at radius 1 is 1.15 bits per heavy atom. The van der Waals surface area contributed by atoms with Gasteiger partial charge < -0.3 is 15.7 Å². The SMILES string of the molecule is CN(C)Cc1cccc2ccc(O)c(N=Nc3ccc(N)c([N+](=O)[O-])c3)c12. The summed E-state index contributed by atoms with van der Waals surface area (Å²) in [5.74, 6) is -0.0117. The van der Waals surface area contributed by atoms with E-state index in [9.17, 15) is 15.2 Å². The first-order valence-electron chi connectivity index (χ1n) is 8.21. The second kappa shape index (κ2) is 7.38. The predicted octanol–water partition coefficient (Wildman–Crippen LogP) is 4.51. The zero-order valence-corrected chi connectivity index (χ0v) is 15.0. The monoisotopic (exact) mass is 365 g/mol. The fourth-order valence-electron chi connectivity index (χ4n) is 2.86. The molecule has 0 amide bonds. The molecule has 0 radical (unpaired) electrons. The van der Waals surface area contributed by atoms with Gasteiger partial charge in [-0.25, -0.2) is 0 Å². The van der Waals surface area contributed by atoms with E-state index in [2.05, 4.69) is 10.2 Å². The molecule has 0 saturated heterocycles. The Balaban J connectivity index is 2.11. The molecule has 3 aromatic carbocycles. The minimum absolute atomic E-state index is 0.0117. The lowest BCUT2D eigenvalue weighted by molar-refractivity contribution is -0.383. The van der Waals surface area contributed by atoms with Crippen LogP contribution in [-0.4, -0.2) is 29.0 Å². The number of phenolic OH excluding ortho intramolecular Hbond substituents is 1. The highest BCUT2D eigenvalue weighted by Crippen LogP contribution is 2.39. The normalized spacial score (nSPS) is 11.5. The zero-order valence-electron chi connectivity index (χ0n) is 15.0. The van der Waals surface area contributed by atoms with Crippen molar-refractivity contribution in [1.29, 1.82) is 0 Å². The van der Waals surface area contributed by atoms with E-state index in [1.807, 2.05) is 43.3 Å². The first-order valence-corrected chi connectivity index (χ1v) is 8.21. The van der Waals surface area contributed by atoms with E-state index in [-0.39, 0.29) is 22.8 Å². The van der Waals surface area contributed by atoms with Crippen molar-refractivity contribution in [1.82, 2.24) is 4.90 Å². The van der Waals surface area contributed by atoms with Crippen molar-refractivity contribution in [2.24, 2.45) is 10.2 Å². The summed E-state index contributed by atoms with van der Waals surface area (Å²) in [5, 5.41) is 31.4. The van der Waals surface area contributed by atoms with Gasteiger partial charge in [-0.15, -0.1) is 5.11 Å². The smallest absolute Gasteiger partial charge is 0.294 e. The van der Waals surface area contributed by atoms with Gasteiger partial charge in [-0.1, -0.05) is 24.3 Å². The summed E-state index contributed by atoms with van der Waals surface area (Å²) >= 11 is 0. The molecular weight excluding hydrogens is 346 g/mol. The van der Waals surface area contributed by atoms with Gasteiger partial charge in [0.15, 0.2) is 0 Å². The predicted molar refractivity (Wildman–Crippen MR) is 105 cm³/mol. The lowest BCUT2D eigenvalue weighted by Crippen LogP contribution is -2.10. The molecule has 0 bridgehead atoms. The number of phenols is 1. The van der Waals surface area contributed by atoms with Crippen molar-refractivity contribution in [3.63, 3.8) is 0 Å². The molecule has 138 valence electrons. The summed E-state index contributed by atoms with van der Waals surface area (Å²) in [4.78, 5) is 12.5. The zero-order chi connectivity index (χ0) is 19.6. The Hall–Kier alpha value is -3.52. The van der Waals surface area contributed by atoms with Gasteiger partial charge in [-0.05, 0) is 43.2 Å². The van der Waals surface area contributed by atoms with Crippen LogP contribution in [0.5, 0.6) is 5.75 Å². The minimum atomic E-state index is -0.571. The molecule has 27 heavy (non-hydrogen) atoms. The van der Waals surface area contributed by atoms with E-state index >= 15 is 0 Å². The van der Waals surface area contributed by atoms with Crippen molar-refractivity contribution >= 4 is 33.5 Å². The van der Waals surface area contributed by atoms with Gasteiger partial charge in [-0.3, -0.25) is 10.1 Å². The molecule has 0 aliphatic rings. The standard InChI is InChI=1S/C19H19N5O3/c1-23(2)11-13-5-3-4-12-6-9-17(25)19(18(12)13)22-21-14-7-8-15(20)16(10-14)24(26)27/h3-10,25H,11,20H2,1-2H3. The fraction of sp³-hybridized carbons (Fsp3) is 0.158. The van der Waals surface area contributed by atoms with Gasteiger partial charge in [0.2, 0.25) is 0 Å². The van der Waals surface area contributed by atoms with Gasteiger partial charge in [0.05, 0.1) is 10.6 Å². The number of nitrogen functional groups attached to an aromatic ring is 1. The number of azo groups is 1. The first kappa shape index (κ1) is 18.3. The topological polar surface area (TPSA) is 117 Å². The van der Waals surface area contributed by atoms with Gasteiger partial charge in [-0.2, -0.15) is 5.11 Å². The number of nitrogens with two attached hydrogens (primary N) is 1. The van der Waals surface area contributed by atoms with Crippen LogP contribution in [0.15, 0.2) is 58.8 Å². The molecule has 0 unspecified atom stereocenters. The van der Waals surface area contributed by atoms with Gasteiger partial charge >= 0.3 is 0 Å². The molecule has 0 saturated carbocycles. The highest BCUT2D eigenvalue weighted by Gasteiger charge is 2.14. The number of nitro groups is 1. The van der Waals surface area contributed by atoms with Crippen LogP contribution >= 0.6 is 0 Å². The maximum absolute atomic E-state index is 11.0. The molecule has 8 nitrogen and oxygen atoms in total. The summed E-state index contributed by atoms with van der Waals surface area (Å²) in [6, 6.07) is 13.4. The van der Waals surface area contributed by atoms with Gasteiger partial charge in [0.1, 0.15) is 17.1 Å². The average Bonchev–Trinajstić information content (AvgIpc) is 2.61. The Morgan fingerprint density at radius 2 is 1.93 bits per heavy atom. The number of nitro benzene ring substituents is 1. The van der Waals surface area contributed by atoms with Crippen molar-refractivity contribution in [2.75, 3.05) is 19.8 Å². The van der Waals surface area contributed by atoms with Gasteiger partial charge in [0, 0.05) is 18.0 Å². The Labute approximate surface area is 155 Å². The van der Waals surface area contributed by atoms with Crippen LogP contribution in [0.2, 0.25) is 0 Å². The molecule has 3 N–H and O–H groups in total. The Bertz CT molecular complexity index is 1050. The number of hydrogen-bond acceptors (Lipinski definition) is 7. The summed E-state index contributed by atoms with van der Waals surface area (Å²) in [6.45, 7) is 0.663. The summed E-state index contributed by atoms with van der Waals surface area (Å²) in [5.41, 5.74) is 7.02. The van der Waals surface area contributed by atoms with Crippen molar-refractivity contribution in [3.8, 4) is 5.75 Å². The summed E-state index contributed by atoms with van der Waals surface area (Å²) in [7, 11) is 3.91. The Kier molecular flexibility index (Phi) is 5.00. The number of aromatic hydroxyl groups is 1. The molecular formula is C19H19N5O3. The maximum Gasteiger partial charge on any atom is 0.294 e. The average molecular weight is 365 g/mol. The minimum Gasteiger partial charge on any atom is -0.506 e. The van der Waals surface area contributed by atoms with Crippen molar-refractivity contribution in [3.05, 3.63) is 64.2 Å². The summed E-state index contributed by atoms with van der Waals surface area (Å²) in [6.07, 6.45) is 0. The Morgan fingerprint density at radius 3 is 2.63 bits per heavy atom. The fourth-order valence-corrected chi connectivity index (χ4v) is 2.86. The maximum atomic E-state index is 11.0. The number of hydrogen-bond donors (Lipinski definition) is 2. The largest absolute Gasteiger partial charge is 0.506 e. The molecule has 3 rings (SSSR count). The van der Waals surface area contributed by atoms with Crippen LogP contribution in [0, 0.1) is 10.1 Å². The van der Waals surface area contributed by atoms with Crippen molar-refractivity contribution < 1.29 is 10.0 Å².